The summed E-state index contributed by atoms with van der Waals surface area (Å²) in [5.41, 5.74) is 4.03. The fourth-order valence-electron chi connectivity index (χ4n) is 4.10. The second kappa shape index (κ2) is 7.85. The van der Waals surface area contributed by atoms with Gasteiger partial charge in [-0.05, 0) is 46.1 Å². The van der Waals surface area contributed by atoms with Crippen LogP contribution in [0.1, 0.15) is 41.1 Å². The maximum atomic E-state index is 12.8. The van der Waals surface area contributed by atoms with Crippen LogP contribution in [0.3, 0.4) is 0 Å². The number of piperidine rings is 1. The van der Waals surface area contributed by atoms with Gasteiger partial charge in [0.15, 0.2) is 0 Å². The number of aromatic nitrogens is 2. The van der Waals surface area contributed by atoms with Crippen molar-refractivity contribution in [1.29, 1.82) is 0 Å². The lowest BCUT2D eigenvalue weighted by atomic mass is 9.96. The highest BCUT2D eigenvalue weighted by Gasteiger charge is 2.29. The highest BCUT2D eigenvalue weighted by Crippen LogP contribution is 2.33. The molecule has 0 spiro atoms. The Kier molecular flexibility index (Phi) is 5.26. The first-order valence-corrected chi connectivity index (χ1v) is 10.2. The number of furan rings is 1. The Morgan fingerprint density at radius 1 is 1.24 bits per heavy atom. The predicted octanol–water partition coefficient (Wildman–Crippen LogP) is 3.99. The molecule has 0 radical (unpaired) electrons. The van der Waals surface area contributed by atoms with Gasteiger partial charge in [-0.1, -0.05) is 29.8 Å². The van der Waals surface area contributed by atoms with Gasteiger partial charge in [-0.3, -0.25) is 4.79 Å². The van der Waals surface area contributed by atoms with Crippen LogP contribution in [-0.2, 0) is 11.3 Å². The lowest BCUT2D eigenvalue weighted by Gasteiger charge is -2.33. The summed E-state index contributed by atoms with van der Waals surface area (Å²) in [6.45, 7) is 10.0. The number of carbonyl (C=O) groups excluding carboxylic acids is 1. The molecular formula is C23H28N4O2. The van der Waals surface area contributed by atoms with Gasteiger partial charge in [-0.2, -0.15) is 4.98 Å². The summed E-state index contributed by atoms with van der Waals surface area (Å²) in [6.07, 6.45) is 1.86. The van der Waals surface area contributed by atoms with Gasteiger partial charge in [0.2, 0.25) is 11.6 Å². The van der Waals surface area contributed by atoms with Crippen LogP contribution in [0.2, 0.25) is 0 Å². The van der Waals surface area contributed by atoms with Crippen molar-refractivity contribution in [2.75, 3.05) is 18.0 Å². The summed E-state index contributed by atoms with van der Waals surface area (Å²) in [5, 5.41) is 4.08. The number of hydrogen-bond acceptors (Lipinski definition) is 5. The van der Waals surface area contributed by atoms with Crippen molar-refractivity contribution in [2.24, 2.45) is 5.92 Å². The number of benzene rings is 1. The third kappa shape index (κ3) is 3.97. The topological polar surface area (TPSA) is 71.3 Å². The van der Waals surface area contributed by atoms with Gasteiger partial charge in [-0.25, -0.2) is 4.98 Å². The molecule has 0 unspecified atom stereocenters. The van der Waals surface area contributed by atoms with E-state index in [1.807, 2.05) is 32.9 Å². The molecule has 29 heavy (non-hydrogen) atoms. The fraction of sp³-hybridized carbons (Fsp3) is 0.435. The minimum atomic E-state index is -0.0489. The summed E-state index contributed by atoms with van der Waals surface area (Å²) in [5.74, 6) is 2.50. The van der Waals surface area contributed by atoms with Gasteiger partial charge < -0.3 is 14.6 Å². The third-order valence-corrected chi connectivity index (χ3v) is 5.76. The zero-order chi connectivity index (χ0) is 20.5. The number of rotatable bonds is 4. The lowest BCUT2D eigenvalue weighted by molar-refractivity contribution is -0.125. The van der Waals surface area contributed by atoms with Crippen molar-refractivity contribution >= 4 is 22.8 Å². The number of aryl methyl sites for hydroxylation is 4. The average Bonchev–Trinajstić information content (AvgIpc) is 2.99. The smallest absolute Gasteiger partial charge is 0.231 e. The van der Waals surface area contributed by atoms with E-state index in [0.29, 0.717) is 24.6 Å². The normalized spacial score (nSPS) is 17.0. The van der Waals surface area contributed by atoms with Gasteiger partial charge in [0.1, 0.15) is 17.4 Å². The SMILES string of the molecule is Cc1cccc(CNC(=O)[C@H]2CCCN(c3nc(C)nc4oc(C)c(C)c34)C2)c1. The first-order chi connectivity index (χ1) is 13.9. The van der Waals surface area contributed by atoms with Crippen LogP contribution in [0.4, 0.5) is 5.82 Å². The number of nitrogens with one attached hydrogen (secondary N) is 1. The molecule has 152 valence electrons. The van der Waals surface area contributed by atoms with Crippen LogP contribution in [0, 0.1) is 33.6 Å². The van der Waals surface area contributed by atoms with Crippen molar-refractivity contribution in [3.8, 4) is 0 Å². The van der Waals surface area contributed by atoms with E-state index in [0.717, 1.165) is 47.5 Å². The molecule has 0 bridgehead atoms. The van der Waals surface area contributed by atoms with E-state index in [4.69, 9.17) is 9.40 Å². The number of carbonyl (C=O) groups is 1. The molecule has 1 fully saturated rings. The van der Waals surface area contributed by atoms with Gasteiger partial charge in [0.25, 0.3) is 0 Å². The Bertz CT molecular complexity index is 1060. The molecule has 6 nitrogen and oxygen atoms in total. The number of anilines is 1. The molecule has 1 amide bonds. The molecule has 1 aliphatic rings. The van der Waals surface area contributed by atoms with E-state index < -0.39 is 0 Å². The van der Waals surface area contributed by atoms with Gasteiger partial charge in [0, 0.05) is 25.2 Å². The summed E-state index contributed by atoms with van der Waals surface area (Å²) in [7, 11) is 0. The molecule has 2 aromatic heterocycles. The van der Waals surface area contributed by atoms with Crippen LogP contribution < -0.4 is 10.2 Å². The van der Waals surface area contributed by atoms with Crippen LogP contribution in [0.25, 0.3) is 11.1 Å². The van der Waals surface area contributed by atoms with E-state index in [2.05, 4.69) is 34.3 Å². The van der Waals surface area contributed by atoms with Crippen molar-refractivity contribution < 1.29 is 9.21 Å². The fourth-order valence-corrected chi connectivity index (χ4v) is 4.10. The van der Waals surface area contributed by atoms with Gasteiger partial charge in [-0.15, -0.1) is 0 Å². The summed E-state index contributed by atoms with van der Waals surface area (Å²) in [6, 6.07) is 8.24. The standard InChI is InChI=1S/C23H28N4O2/c1-14-7-5-8-18(11-14)12-24-22(28)19-9-6-10-27(13-19)21-20-15(2)16(3)29-23(20)26-17(4)25-21/h5,7-8,11,19H,6,9-10,12-13H2,1-4H3,(H,24,28)/t19-/m0/s1. The highest BCUT2D eigenvalue weighted by molar-refractivity contribution is 5.90. The molecule has 0 aliphatic carbocycles. The Morgan fingerprint density at radius 3 is 2.86 bits per heavy atom. The van der Waals surface area contributed by atoms with E-state index in [1.165, 1.54) is 5.56 Å². The zero-order valence-electron chi connectivity index (χ0n) is 17.6. The van der Waals surface area contributed by atoms with Crippen molar-refractivity contribution in [3.05, 3.63) is 52.5 Å². The summed E-state index contributed by atoms with van der Waals surface area (Å²) in [4.78, 5) is 24.2. The largest absolute Gasteiger partial charge is 0.443 e. The molecular weight excluding hydrogens is 364 g/mol. The Balaban J connectivity index is 1.51. The summed E-state index contributed by atoms with van der Waals surface area (Å²) < 4.78 is 5.83. The maximum absolute atomic E-state index is 12.8. The van der Waals surface area contributed by atoms with Gasteiger partial charge >= 0.3 is 0 Å². The van der Waals surface area contributed by atoms with Crippen molar-refractivity contribution in [2.45, 2.75) is 47.1 Å². The molecule has 1 N–H and O–H groups in total. The molecule has 3 heterocycles. The summed E-state index contributed by atoms with van der Waals surface area (Å²) >= 11 is 0. The van der Waals surface area contributed by atoms with Crippen molar-refractivity contribution in [1.82, 2.24) is 15.3 Å². The van der Waals surface area contributed by atoms with Crippen LogP contribution in [0.15, 0.2) is 28.7 Å². The Labute approximate surface area is 171 Å². The second-order valence-corrected chi connectivity index (χ2v) is 8.05. The molecule has 1 aromatic carbocycles. The Morgan fingerprint density at radius 2 is 2.07 bits per heavy atom. The Hall–Kier alpha value is -2.89. The number of fused-ring (bicyclic) bond motifs is 1. The molecule has 1 aliphatic heterocycles. The monoisotopic (exact) mass is 392 g/mol. The molecule has 1 saturated heterocycles. The maximum Gasteiger partial charge on any atom is 0.231 e. The number of hydrogen-bond donors (Lipinski definition) is 1. The van der Waals surface area contributed by atoms with E-state index >= 15 is 0 Å². The molecule has 3 aromatic rings. The predicted molar refractivity (Wildman–Crippen MR) is 114 cm³/mol. The number of nitrogens with zero attached hydrogens (tertiary/aromatic N) is 3. The lowest BCUT2D eigenvalue weighted by Crippen LogP contribution is -2.43. The molecule has 1 atom stereocenters. The van der Waals surface area contributed by atoms with Crippen LogP contribution >= 0.6 is 0 Å². The van der Waals surface area contributed by atoms with Gasteiger partial charge in [0.05, 0.1) is 11.3 Å². The minimum absolute atomic E-state index is 0.0489. The quantitative estimate of drug-likeness (QED) is 0.727. The van der Waals surface area contributed by atoms with Crippen molar-refractivity contribution in [3.63, 3.8) is 0 Å². The third-order valence-electron chi connectivity index (χ3n) is 5.76. The number of amides is 1. The first kappa shape index (κ1) is 19.4. The van der Waals surface area contributed by atoms with E-state index in [9.17, 15) is 4.79 Å². The second-order valence-electron chi connectivity index (χ2n) is 8.05. The van der Waals surface area contributed by atoms with E-state index in [-0.39, 0.29) is 11.8 Å². The van der Waals surface area contributed by atoms with E-state index in [1.54, 1.807) is 0 Å². The zero-order valence-corrected chi connectivity index (χ0v) is 17.6. The van der Waals surface area contributed by atoms with Crippen LogP contribution in [0.5, 0.6) is 0 Å². The average molecular weight is 393 g/mol. The first-order valence-electron chi connectivity index (χ1n) is 10.2. The highest BCUT2D eigenvalue weighted by atomic mass is 16.3. The minimum Gasteiger partial charge on any atom is -0.443 e. The van der Waals surface area contributed by atoms with Crippen LogP contribution in [-0.4, -0.2) is 29.0 Å². The molecule has 6 heteroatoms. The molecule has 4 rings (SSSR count). The molecule has 0 saturated carbocycles.